The van der Waals surface area contributed by atoms with Crippen molar-refractivity contribution in [3.05, 3.63) is 46.2 Å². The quantitative estimate of drug-likeness (QED) is 0.759. The molecule has 0 amide bonds. The Balaban J connectivity index is 2.05. The molecule has 0 radical (unpaired) electrons. The lowest BCUT2D eigenvalue weighted by Crippen LogP contribution is -2.45. The van der Waals surface area contributed by atoms with E-state index in [1.807, 2.05) is 28.0 Å². The van der Waals surface area contributed by atoms with E-state index in [4.69, 9.17) is 12.2 Å². The third-order valence-electron chi connectivity index (χ3n) is 3.70. The van der Waals surface area contributed by atoms with Crippen LogP contribution in [0.3, 0.4) is 0 Å². The molecule has 0 spiro atoms. The first kappa shape index (κ1) is 14.8. The van der Waals surface area contributed by atoms with Crippen molar-refractivity contribution in [2.45, 2.75) is 33.2 Å². The Kier molecular flexibility index (Phi) is 4.00. The molecule has 0 atom stereocenters. The van der Waals surface area contributed by atoms with Crippen molar-refractivity contribution in [2.75, 3.05) is 0 Å². The van der Waals surface area contributed by atoms with Crippen molar-refractivity contribution in [3.63, 3.8) is 0 Å². The normalized spacial score (nSPS) is 14.4. The number of para-hydroxylation sites is 1. The molecule has 1 aromatic heterocycles. The van der Waals surface area contributed by atoms with Gasteiger partial charge < -0.3 is 0 Å². The van der Waals surface area contributed by atoms with Crippen molar-refractivity contribution < 1.29 is 0 Å². The molecule has 22 heavy (non-hydrogen) atoms. The third-order valence-corrected chi connectivity index (χ3v) is 4.11. The van der Waals surface area contributed by atoms with Gasteiger partial charge in [-0.05, 0) is 31.9 Å². The maximum Gasteiger partial charge on any atom is 0.177 e. The van der Waals surface area contributed by atoms with Crippen LogP contribution in [0, 0.1) is 4.64 Å². The van der Waals surface area contributed by atoms with E-state index in [9.17, 15) is 0 Å². The minimum absolute atomic E-state index is 0.259. The summed E-state index contributed by atoms with van der Waals surface area (Å²) >= 11 is 5.66. The summed E-state index contributed by atoms with van der Waals surface area (Å²) < 4.78 is 2.65. The lowest BCUT2D eigenvalue weighted by molar-refractivity contribution is 0.246. The molecule has 0 unspecified atom stereocenters. The van der Waals surface area contributed by atoms with Gasteiger partial charge in [0, 0.05) is 12.2 Å². The second kappa shape index (κ2) is 5.94. The Labute approximate surface area is 134 Å². The number of aromatic nitrogens is 2. The lowest BCUT2D eigenvalue weighted by atomic mass is 10.1. The van der Waals surface area contributed by atoms with Crippen LogP contribution in [0.25, 0.3) is 5.69 Å². The van der Waals surface area contributed by atoms with Crippen LogP contribution in [0.4, 0.5) is 0 Å². The van der Waals surface area contributed by atoms with E-state index in [0.717, 1.165) is 28.1 Å². The van der Waals surface area contributed by atoms with Crippen molar-refractivity contribution in [2.24, 2.45) is 5.10 Å². The number of amidine groups is 1. The van der Waals surface area contributed by atoms with Crippen LogP contribution in [-0.4, -0.2) is 26.7 Å². The zero-order valence-corrected chi connectivity index (χ0v) is 13.7. The second-order valence-corrected chi connectivity index (χ2v) is 5.82. The summed E-state index contributed by atoms with van der Waals surface area (Å²) in [5.41, 5.74) is 9.03. The SMILES string of the molecule is CCc1ccccc1-n1[nH]cc(C2=NNNN2C(C)C)c1=S. The highest BCUT2D eigenvalue weighted by Gasteiger charge is 2.24. The predicted molar refractivity (Wildman–Crippen MR) is 90.1 cm³/mol. The van der Waals surface area contributed by atoms with Crippen molar-refractivity contribution in [3.8, 4) is 5.69 Å². The zero-order chi connectivity index (χ0) is 15.7. The maximum atomic E-state index is 5.66. The molecule has 0 saturated carbocycles. The van der Waals surface area contributed by atoms with E-state index in [1.54, 1.807) is 0 Å². The highest BCUT2D eigenvalue weighted by atomic mass is 32.1. The van der Waals surface area contributed by atoms with Crippen molar-refractivity contribution in [1.29, 1.82) is 0 Å². The molecule has 3 N–H and O–H groups in total. The van der Waals surface area contributed by atoms with Gasteiger partial charge in [0.25, 0.3) is 0 Å². The molecule has 1 aliphatic rings. The van der Waals surface area contributed by atoms with Gasteiger partial charge >= 0.3 is 0 Å². The van der Waals surface area contributed by atoms with E-state index in [-0.39, 0.29) is 6.04 Å². The molecular weight excluding hydrogens is 296 g/mol. The fourth-order valence-corrected chi connectivity index (χ4v) is 2.84. The van der Waals surface area contributed by atoms with Gasteiger partial charge in [0.05, 0.1) is 11.3 Å². The van der Waals surface area contributed by atoms with E-state index in [1.165, 1.54) is 5.56 Å². The average molecular weight is 316 g/mol. The van der Waals surface area contributed by atoms with E-state index in [2.05, 4.69) is 54.2 Å². The number of hydrazine groups is 2. The molecule has 2 aromatic rings. The summed E-state index contributed by atoms with van der Waals surface area (Å²) in [6.45, 7) is 6.32. The minimum atomic E-state index is 0.259. The van der Waals surface area contributed by atoms with Gasteiger partial charge in [-0.2, -0.15) is 0 Å². The minimum Gasteiger partial charge on any atom is -0.299 e. The second-order valence-electron chi connectivity index (χ2n) is 5.43. The summed E-state index contributed by atoms with van der Waals surface area (Å²) in [6.07, 6.45) is 2.85. The Morgan fingerprint density at radius 2 is 2.05 bits per heavy atom. The van der Waals surface area contributed by atoms with Gasteiger partial charge in [-0.25, -0.2) is 10.2 Å². The first-order valence-corrected chi connectivity index (χ1v) is 7.81. The number of benzene rings is 1. The van der Waals surface area contributed by atoms with Crippen LogP contribution in [0.2, 0.25) is 0 Å². The van der Waals surface area contributed by atoms with E-state index < -0.39 is 0 Å². The van der Waals surface area contributed by atoms with Crippen LogP contribution in [0.15, 0.2) is 35.6 Å². The third kappa shape index (κ3) is 2.42. The Bertz CT molecular complexity index is 757. The van der Waals surface area contributed by atoms with Crippen molar-refractivity contribution >= 4 is 18.1 Å². The fraction of sp³-hybridized carbons (Fsp3) is 0.333. The molecule has 2 heterocycles. The number of nitrogens with one attached hydrogen (secondary N) is 3. The summed E-state index contributed by atoms with van der Waals surface area (Å²) in [5.74, 6) is 0.795. The molecule has 0 saturated heterocycles. The first-order chi connectivity index (χ1) is 10.6. The Hall–Kier alpha value is -2.12. The summed E-state index contributed by atoms with van der Waals surface area (Å²) in [7, 11) is 0. The number of hydrogen-bond donors (Lipinski definition) is 3. The molecule has 0 bridgehead atoms. The van der Waals surface area contributed by atoms with Crippen LogP contribution in [0.5, 0.6) is 0 Å². The number of hydrazone groups is 1. The zero-order valence-electron chi connectivity index (χ0n) is 12.9. The fourth-order valence-electron chi connectivity index (χ4n) is 2.54. The standard InChI is InChI=1S/C15H20N6S/c1-4-11-7-5-6-8-13(11)21-15(22)12(9-16-21)14-17-18-19-20(14)10(2)3/h5-10,16,18-19H,4H2,1-3H3. The van der Waals surface area contributed by atoms with Crippen LogP contribution >= 0.6 is 12.2 Å². The molecule has 7 heteroatoms. The van der Waals surface area contributed by atoms with E-state index in [0.29, 0.717) is 0 Å². The molecule has 1 aliphatic heterocycles. The van der Waals surface area contributed by atoms with Crippen LogP contribution in [0.1, 0.15) is 31.9 Å². The topological polar surface area (TPSA) is 60.4 Å². The molecule has 1 aromatic carbocycles. The summed E-state index contributed by atoms with van der Waals surface area (Å²) in [6, 6.07) is 8.52. The number of H-pyrrole nitrogens is 1. The average Bonchev–Trinajstić information content (AvgIpc) is 3.13. The number of aryl methyl sites for hydroxylation is 1. The van der Waals surface area contributed by atoms with Gasteiger partial charge in [-0.3, -0.25) is 10.1 Å². The molecule has 3 rings (SSSR count). The lowest BCUT2D eigenvalue weighted by Gasteiger charge is -2.22. The predicted octanol–water partition coefficient (Wildman–Crippen LogP) is 2.49. The largest absolute Gasteiger partial charge is 0.299 e. The monoisotopic (exact) mass is 316 g/mol. The van der Waals surface area contributed by atoms with Gasteiger partial charge in [0.1, 0.15) is 4.64 Å². The molecule has 6 nitrogen and oxygen atoms in total. The van der Waals surface area contributed by atoms with Crippen LogP contribution in [-0.2, 0) is 6.42 Å². The van der Waals surface area contributed by atoms with Crippen LogP contribution < -0.4 is 11.1 Å². The number of nitrogens with zero attached hydrogens (tertiary/aromatic N) is 3. The number of rotatable bonds is 4. The van der Waals surface area contributed by atoms with E-state index >= 15 is 0 Å². The van der Waals surface area contributed by atoms with Gasteiger partial charge in [-0.15, -0.1) is 10.6 Å². The summed E-state index contributed by atoms with van der Waals surface area (Å²) in [5, 5.41) is 9.50. The molecule has 0 fully saturated rings. The molecule has 116 valence electrons. The highest BCUT2D eigenvalue weighted by Crippen LogP contribution is 2.18. The molecular formula is C15H20N6S. The number of aromatic amines is 1. The first-order valence-electron chi connectivity index (χ1n) is 7.40. The Morgan fingerprint density at radius 3 is 2.77 bits per heavy atom. The Morgan fingerprint density at radius 1 is 1.27 bits per heavy atom. The van der Waals surface area contributed by atoms with Gasteiger partial charge in [-0.1, -0.05) is 37.3 Å². The smallest absolute Gasteiger partial charge is 0.177 e. The number of hydrogen-bond acceptors (Lipinski definition) is 5. The van der Waals surface area contributed by atoms with Gasteiger partial charge in [0.15, 0.2) is 5.84 Å². The van der Waals surface area contributed by atoms with Crippen molar-refractivity contribution in [1.82, 2.24) is 25.9 Å². The molecule has 0 aliphatic carbocycles. The maximum absolute atomic E-state index is 5.66. The van der Waals surface area contributed by atoms with Gasteiger partial charge in [0.2, 0.25) is 0 Å². The highest BCUT2D eigenvalue weighted by molar-refractivity contribution is 7.71. The summed E-state index contributed by atoms with van der Waals surface area (Å²) in [4.78, 5) is 0.